The van der Waals surface area contributed by atoms with Gasteiger partial charge in [-0.3, -0.25) is 4.79 Å². The number of alkyl halides is 2. The van der Waals surface area contributed by atoms with E-state index in [-0.39, 0.29) is 6.04 Å². The van der Waals surface area contributed by atoms with Crippen LogP contribution < -0.4 is 5.32 Å². The Morgan fingerprint density at radius 3 is 2.79 bits per heavy atom. The Labute approximate surface area is 82.4 Å². The number of hydrogen-bond acceptors (Lipinski definition) is 1. The summed E-state index contributed by atoms with van der Waals surface area (Å²) in [5.74, 6) is -3.47. The lowest BCUT2D eigenvalue weighted by Gasteiger charge is -2.20. The molecule has 0 aromatic rings. The van der Waals surface area contributed by atoms with Gasteiger partial charge >= 0.3 is 0 Å². The molecule has 14 heavy (non-hydrogen) atoms. The summed E-state index contributed by atoms with van der Waals surface area (Å²) in [7, 11) is 0. The first kappa shape index (κ1) is 11.1. The maximum absolute atomic E-state index is 12.5. The molecule has 1 aliphatic rings. The first-order valence-electron chi connectivity index (χ1n) is 4.79. The van der Waals surface area contributed by atoms with E-state index in [9.17, 15) is 13.6 Å². The van der Waals surface area contributed by atoms with Crippen molar-refractivity contribution in [2.24, 2.45) is 0 Å². The Kier molecular flexibility index (Phi) is 3.61. The lowest BCUT2D eigenvalue weighted by Crippen LogP contribution is -2.37. The van der Waals surface area contributed by atoms with Crippen LogP contribution in [0.4, 0.5) is 8.78 Å². The van der Waals surface area contributed by atoms with Crippen LogP contribution in [0.25, 0.3) is 0 Å². The minimum absolute atomic E-state index is 0.0369. The van der Waals surface area contributed by atoms with Crippen molar-refractivity contribution in [2.75, 3.05) is 0 Å². The van der Waals surface area contributed by atoms with Gasteiger partial charge in [-0.05, 0) is 26.2 Å². The van der Waals surface area contributed by atoms with Crippen molar-refractivity contribution in [3.8, 4) is 0 Å². The summed E-state index contributed by atoms with van der Waals surface area (Å²) in [5.41, 5.74) is 0. The van der Waals surface area contributed by atoms with Gasteiger partial charge in [0, 0.05) is 6.04 Å². The van der Waals surface area contributed by atoms with Crippen LogP contribution in [0.5, 0.6) is 0 Å². The molecule has 0 aromatic heterocycles. The van der Waals surface area contributed by atoms with E-state index in [1.807, 2.05) is 12.2 Å². The van der Waals surface area contributed by atoms with Crippen LogP contribution in [-0.4, -0.2) is 17.9 Å². The maximum Gasteiger partial charge on any atom is 0.254 e. The average Bonchev–Trinajstić information content (AvgIpc) is 2.02. The number of carbonyl (C=O) groups is 1. The largest absolute Gasteiger partial charge is 0.353 e. The van der Waals surface area contributed by atoms with Gasteiger partial charge in [-0.2, -0.15) is 0 Å². The third-order valence-electron chi connectivity index (χ3n) is 2.11. The molecule has 0 aromatic carbocycles. The smallest absolute Gasteiger partial charge is 0.254 e. The van der Waals surface area contributed by atoms with E-state index in [1.54, 1.807) is 0 Å². The molecule has 0 spiro atoms. The number of amides is 1. The molecule has 0 fully saturated rings. The summed E-state index contributed by atoms with van der Waals surface area (Å²) in [5, 5.41) is 2.61. The van der Waals surface area contributed by atoms with Gasteiger partial charge in [-0.25, -0.2) is 8.78 Å². The normalized spacial score (nSPS) is 22.1. The first-order valence-corrected chi connectivity index (χ1v) is 4.79. The van der Waals surface area contributed by atoms with Crippen LogP contribution >= 0.6 is 0 Å². The third-order valence-corrected chi connectivity index (χ3v) is 2.11. The lowest BCUT2D eigenvalue weighted by atomic mass is 10.0. The monoisotopic (exact) mass is 203 g/mol. The van der Waals surface area contributed by atoms with Gasteiger partial charge in [0.2, 0.25) is 5.91 Å². The van der Waals surface area contributed by atoms with E-state index in [1.165, 1.54) is 0 Å². The van der Waals surface area contributed by atoms with Crippen LogP contribution in [0.1, 0.15) is 32.6 Å². The molecule has 80 valence electrons. The summed E-state index contributed by atoms with van der Waals surface area (Å²) in [6.45, 7) is 0.757. The van der Waals surface area contributed by atoms with Crippen molar-refractivity contribution in [3.05, 3.63) is 12.2 Å². The molecule has 1 unspecified atom stereocenters. The maximum atomic E-state index is 12.5. The molecule has 0 radical (unpaired) electrons. The fourth-order valence-electron chi connectivity index (χ4n) is 1.49. The summed E-state index contributed by atoms with van der Waals surface area (Å²) in [6, 6.07) is 0.0369. The SMILES string of the molecule is CC(F)(F)CC(=O)NC1CC=CCC1. The predicted octanol–water partition coefficient (Wildman–Crippen LogP) is 2.26. The Morgan fingerprint density at radius 1 is 1.57 bits per heavy atom. The van der Waals surface area contributed by atoms with Crippen molar-refractivity contribution in [1.82, 2.24) is 5.32 Å². The Bertz CT molecular complexity index is 233. The minimum Gasteiger partial charge on any atom is -0.353 e. The highest BCUT2D eigenvalue weighted by molar-refractivity contribution is 5.77. The van der Waals surface area contributed by atoms with Gasteiger partial charge in [0.05, 0.1) is 6.42 Å². The summed E-state index contributed by atoms with van der Waals surface area (Å²) >= 11 is 0. The lowest BCUT2D eigenvalue weighted by molar-refractivity contribution is -0.128. The molecule has 0 aliphatic heterocycles. The van der Waals surface area contributed by atoms with Crippen molar-refractivity contribution in [3.63, 3.8) is 0 Å². The standard InChI is InChI=1S/C10H15F2NO/c1-10(11,12)7-9(14)13-8-5-3-2-4-6-8/h2-3,8H,4-7H2,1H3,(H,13,14). The van der Waals surface area contributed by atoms with E-state index in [0.717, 1.165) is 26.2 Å². The summed E-state index contributed by atoms with van der Waals surface area (Å²) in [6.07, 6.45) is 5.80. The van der Waals surface area contributed by atoms with Gasteiger partial charge in [-0.1, -0.05) is 12.2 Å². The van der Waals surface area contributed by atoms with Gasteiger partial charge < -0.3 is 5.32 Å². The topological polar surface area (TPSA) is 29.1 Å². The van der Waals surface area contributed by atoms with E-state index in [0.29, 0.717) is 0 Å². The fourth-order valence-corrected chi connectivity index (χ4v) is 1.49. The number of nitrogens with one attached hydrogen (secondary N) is 1. The quantitative estimate of drug-likeness (QED) is 0.700. The Morgan fingerprint density at radius 2 is 2.29 bits per heavy atom. The van der Waals surface area contributed by atoms with Crippen LogP contribution in [0, 0.1) is 0 Å². The zero-order valence-electron chi connectivity index (χ0n) is 8.22. The first-order chi connectivity index (χ1) is 6.47. The van der Waals surface area contributed by atoms with Crippen LogP contribution in [-0.2, 0) is 4.79 Å². The second-order valence-electron chi connectivity index (χ2n) is 3.80. The second kappa shape index (κ2) is 4.53. The van der Waals surface area contributed by atoms with Crippen molar-refractivity contribution in [2.45, 2.75) is 44.6 Å². The Hall–Kier alpha value is -0.930. The highest BCUT2D eigenvalue weighted by Gasteiger charge is 2.26. The second-order valence-corrected chi connectivity index (χ2v) is 3.80. The zero-order valence-corrected chi connectivity index (χ0v) is 8.22. The van der Waals surface area contributed by atoms with E-state index in [2.05, 4.69) is 5.32 Å². The molecule has 1 amide bonds. The molecule has 0 bridgehead atoms. The number of rotatable bonds is 3. The third kappa shape index (κ3) is 4.35. The molecule has 1 N–H and O–H groups in total. The molecule has 0 heterocycles. The van der Waals surface area contributed by atoms with E-state index in [4.69, 9.17) is 0 Å². The van der Waals surface area contributed by atoms with Crippen molar-refractivity contribution >= 4 is 5.91 Å². The number of hydrogen-bond donors (Lipinski definition) is 1. The average molecular weight is 203 g/mol. The highest BCUT2D eigenvalue weighted by Crippen LogP contribution is 2.17. The van der Waals surface area contributed by atoms with Crippen molar-refractivity contribution < 1.29 is 13.6 Å². The summed E-state index contributed by atoms with van der Waals surface area (Å²) < 4.78 is 24.9. The number of halogens is 2. The van der Waals surface area contributed by atoms with Crippen molar-refractivity contribution in [1.29, 1.82) is 0 Å². The molecule has 0 saturated carbocycles. The fraction of sp³-hybridized carbons (Fsp3) is 0.700. The molecular weight excluding hydrogens is 188 g/mol. The van der Waals surface area contributed by atoms with Gasteiger partial charge in [0.1, 0.15) is 0 Å². The molecular formula is C10H15F2NO. The van der Waals surface area contributed by atoms with Gasteiger partial charge in [0.15, 0.2) is 0 Å². The molecule has 1 atom stereocenters. The zero-order chi connectivity index (χ0) is 10.6. The van der Waals surface area contributed by atoms with E-state index >= 15 is 0 Å². The highest BCUT2D eigenvalue weighted by atomic mass is 19.3. The van der Waals surface area contributed by atoms with Crippen LogP contribution in [0.3, 0.4) is 0 Å². The van der Waals surface area contributed by atoms with E-state index < -0.39 is 18.3 Å². The molecule has 4 heteroatoms. The van der Waals surface area contributed by atoms with Crippen LogP contribution in [0.2, 0.25) is 0 Å². The van der Waals surface area contributed by atoms with Gasteiger partial charge in [0.25, 0.3) is 5.92 Å². The molecule has 2 nitrogen and oxygen atoms in total. The van der Waals surface area contributed by atoms with Crippen LogP contribution in [0.15, 0.2) is 12.2 Å². The number of carbonyl (C=O) groups excluding carboxylic acids is 1. The minimum atomic E-state index is -2.91. The summed E-state index contributed by atoms with van der Waals surface area (Å²) in [4.78, 5) is 11.1. The predicted molar refractivity (Wildman–Crippen MR) is 50.2 cm³/mol. The van der Waals surface area contributed by atoms with Gasteiger partial charge in [-0.15, -0.1) is 0 Å². The molecule has 1 aliphatic carbocycles. The molecule has 1 rings (SSSR count). The molecule has 0 saturated heterocycles. The Balaban J connectivity index is 2.30. The number of allylic oxidation sites excluding steroid dienone is 1.